The highest BCUT2D eigenvalue weighted by molar-refractivity contribution is 5.96. The molecule has 2 aromatic heterocycles. The molecule has 0 radical (unpaired) electrons. The molecule has 7 nitrogen and oxygen atoms in total. The van der Waals surface area contributed by atoms with Gasteiger partial charge in [0.05, 0.1) is 12.6 Å². The molecule has 4 rings (SSSR count). The highest BCUT2D eigenvalue weighted by atomic mass is 16.5. The zero-order valence-corrected chi connectivity index (χ0v) is 14.6. The molecule has 138 valence electrons. The summed E-state index contributed by atoms with van der Waals surface area (Å²) in [7, 11) is 0. The van der Waals surface area contributed by atoms with Gasteiger partial charge in [0, 0.05) is 24.4 Å². The van der Waals surface area contributed by atoms with Gasteiger partial charge in [0.25, 0.3) is 5.91 Å². The minimum atomic E-state index is -0.653. The number of amides is 1. The van der Waals surface area contributed by atoms with E-state index < -0.39 is 11.3 Å². The van der Waals surface area contributed by atoms with Crippen LogP contribution in [0, 0.1) is 6.92 Å². The largest absolute Gasteiger partial charge is 0.488 e. The summed E-state index contributed by atoms with van der Waals surface area (Å²) in [6, 6.07) is 11.5. The van der Waals surface area contributed by atoms with Crippen molar-refractivity contribution in [3.05, 3.63) is 74.6 Å². The number of carbonyl (C=O) groups is 1. The van der Waals surface area contributed by atoms with Crippen molar-refractivity contribution in [3.63, 3.8) is 0 Å². The third kappa shape index (κ3) is 3.48. The number of carbonyl (C=O) groups excluding carboxylic acids is 1. The van der Waals surface area contributed by atoms with Gasteiger partial charge in [-0.1, -0.05) is 18.2 Å². The molecule has 3 aromatic rings. The monoisotopic (exact) mass is 367 g/mol. The standard InChI is InChI=1S/C20H17NO6/c1-12-8-15(10-18(22)25-12)26-14-6-7-21(11-14)19(23)16-9-13-4-2-3-5-17(13)27-20(16)24/h2-5,8-10,14H,6-7,11H2,1H3. The molecule has 1 fully saturated rings. The molecule has 3 heterocycles. The number of aryl methyl sites for hydroxylation is 1. The van der Waals surface area contributed by atoms with Crippen molar-refractivity contribution in [2.45, 2.75) is 19.4 Å². The Hall–Kier alpha value is -3.35. The van der Waals surface area contributed by atoms with Crippen LogP contribution in [0.1, 0.15) is 22.5 Å². The number of nitrogens with zero attached hydrogens (tertiary/aromatic N) is 1. The average molecular weight is 367 g/mol. The van der Waals surface area contributed by atoms with Gasteiger partial charge in [-0.3, -0.25) is 4.79 Å². The molecule has 1 aliphatic rings. The Kier molecular flexibility index (Phi) is 4.27. The van der Waals surface area contributed by atoms with E-state index in [0.717, 1.165) is 0 Å². The van der Waals surface area contributed by atoms with Crippen molar-refractivity contribution < 1.29 is 18.4 Å². The van der Waals surface area contributed by atoms with E-state index in [1.807, 2.05) is 6.07 Å². The first-order valence-electron chi connectivity index (χ1n) is 8.60. The summed E-state index contributed by atoms with van der Waals surface area (Å²) >= 11 is 0. The third-order valence-corrected chi connectivity index (χ3v) is 4.47. The summed E-state index contributed by atoms with van der Waals surface area (Å²) < 4.78 is 15.9. The fourth-order valence-corrected chi connectivity index (χ4v) is 3.23. The Labute approximate surface area is 153 Å². The lowest BCUT2D eigenvalue weighted by Crippen LogP contribution is -2.33. The van der Waals surface area contributed by atoms with Gasteiger partial charge in [0.1, 0.15) is 28.8 Å². The molecule has 0 aliphatic carbocycles. The predicted molar refractivity (Wildman–Crippen MR) is 97.1 cm³/mol. The number of benzene rings is 1. The first-order chi connectivity index (χ1) is 13.0. The summed E-state index contributed by atoms with van der Waals surface area (Å²) in [5.74, 6) is 0.481. The molecule has 0 bridgehead atoms. The second-order valence-corrected chi connectivity index (χ2v) is 6.49. The molecular weight excluding hydrogens is 350 g/mol. The molecule has 1 aromatic carbocycles. The number of para-hydroxylation sites is 1. The lowest BCUT2D eigenvalue weighted by Gasteiger charge is -2.17. The van der Waals surface area contributed by atoms with Crippen LogP contribution in [0.5, 0.6) is 5.75 Å². The van der Waals surface area contributed by atoms with Crippen molar-refractivity contribution >= 4 is 16.9 Å². The van der Waals surface area contributed by atoms with Gasteiger partial charge >= 0.3 is 11.3 Å². The summed E-state index contributed by atoms with van der Waals surface area (Å²) in [6.07, 6.45) is 0.340. The number of hydrogen-bond acceptors (Lipinski definition) is 6. The third-order valence-electron chi connectivity index (χ3n) is 4.47. The van der Waals surface area contributed by atoms with E-state index in [9.17, 15) is 14.4 Å². The van der Waals surface area contributed by atoms with Gasteiger partial charge in [-0.2, -0.15) is 0 Å². The maximum atomic E-state index is 12.8. The van der Waals surface area contributed by atoms with Crippen LogP contribution >= 0.6 is 0 Å². The highest BCUT2D eigenvalue weighted by Crippen LogP contribution is 2.20. The molecule has 1 amide bonds. The van der Waals surface area contributed by atoms with Crippen molar-refractivity contribution in [2.24, 2.45) is 0 Å². The number of ether oxygens (including phenoxy) is 1. The zero-order valence-electron chi connectivity index (χ0n) is 14.6. The Balaban J connectivity index is 1.52. The van der Waals surface area contributed by atoms with E-state index >= 15 is 0 Å². The van der Waals surface area contributed by atoms with Crippen LogP contribution in [-0.2, 0) is 0 Å². The van der Waals surface area contributed by atoms with Gasteiger partial charge < -0.3 is 18.5 Å². The Morgan fingerprint density at radius 3 is 2.78 bits per heavy atom. The average Bonchev–Trinajstić information content (AvgIpc) is 3.08. The lowest BCUT2D eigenvalue weighted by molar-refractivity contribution is 0.0768. The van der Waals surface area contributed by atoms with E-state index in [4.69, 9.17) is 13.6 Å². The van der Waals surface area contributed by atoms with Gasteiger partial charge in [-0.05, 0) is 19.1 Å². The molecule has 1 unspecified atom stereocenters. The molecule has 0 spiro atoms. The first kappa shape index (κ1) is 17.1. The second kappa shape index (κ2) is 6.75. The quantitative estimate of drug-likeness (QED) is 0.660. The summed E-state index contributed by atoms with van der Waals surface area (Å²) in [5.41, 5.74) is -0.686. The predicted octanol–water partition coefficient (Wildman–Crippen LogP) is 2.35. The molecule has 7 heteroatoms. The summed E-state index contributed by atoms with van der Waals surface area (Å²) in [5, 5.41) is 0.693. The Bertz CT molecular complexity index is 1130. The Morgan fingerprint density at radius 2 is 1.96 bits per heavy atom. The molecule has 1 saturated heterocycles. The van der Waals surface area contributed by atoms with Crippen LogP contribution in [0.4, 0.5) is 0 Å². The van der Waals surface area contributed by atoms with Crippen molar-refractivity contribution in [1.82, 2.24) is 4.90 Å². The van der Waals surface area contributed by atoms with Gasteiger partial charge in [-0.25, -0.2) is 9.59 Å². The number of likely N-dealkylation sites (tertiary alicyclic amines) is 1. The first-order valence-corrected chi connectivity index (χ1v) is 8.60. The molecule has 0 saturated carbocycles. The van der Waals surface area contributed by atoms with Gasteiger partial charge in [0.2, 0.25) is 0 Å². The zero-order chi connectivity index (χ0) is 19.0. The van der Waals surface area contributed by atoms with Crippen molar-refractivity contribution in [3.8, 4) is 5.75 Å². The fourth-order valence-electron chi connectivity index (χ4n) is 3.23. The maximum Gasteiger partial charge on any atom is 0.349 e. The molecule has 1 atom stereocenters. The molecule has 1 aliphatic heterocycles. The van der Waals surface area contributed by atoms with Crippen LogP contribution in [0.2, 0.25) is 0 Å². The van der Waals surface area contributed by atoms with E-state index in [-0.39, 0.29) is 17.6 Å². The number of fused-ring (bicyclic) bond motifs is 1. The van der Waals surface area contributed by atoms with Crippen LogP contribution in [0.15, 0.2) is 60.9 Å². The molecule has 0 N–H and O–H groups in total. The minimum absolute atomic E-state index is 0.00514. The van der Waals surface area contributed by atoms with Gasteiger partial charge in [0.15, 0.2) is 0 Å². The van der Waals surface area contributed by atoms with Crippen molar-refractivity contribution in [1.29, 1.82) is 0 Å². The van der Waals surface area contributed by atoms with E-state index in [1.54, 1.807) is 42.2 Å². The normalized spacial score (nSPS) is 16.6. The molecule has 27 heavy (non-hydrogen) atoms. The summed E-state index contributed by atoms with van der Waals surface area (Å²) in [4.78, 5) is 37.9. The van der Waals surface area contributed by atoms with E-state index in [1.165, 1.54) is 6.07 Å². The number of rotatable bonds is 3. The smallest absolute Gasteiger partial charge is 0.349 e. The van der Waals surface area contributed by atoms with E-state index in [2.05, 4.69) is 0 Å². The van der Waals surface area contributed by atoms with Crippen molar-refractivity contribution in [2.75, 3.05) is 13.1 Å². The lowest BCUT2D eigenvalue weighted by atomic mass is 10.1. The number of hydrogen-bond donors (Lipinski definition) is 0. The van der Waals surface area contributed by atoms with Crippen LogP contribution in [-0.4, -0.2) is 30.0 Å². The molecular formula is C20H17NO6. The van der Waals surface area contributed by atoms with Crippen LogP contribution in [0.3, 0.4) is 0 Å². The minimum Gasteiger partial charge on any atom is -0.488 e. The summed E-state index contributed by atoms with van der Waals surface area (Å²) in [6.45, 7) is 2.44. The van der Waals surface area contributed by atoms with Gasteiger partial charge in [-0.15, -0.1) is 0 Å². The van der Waals surface area contributed by atoms with Crippen LogP contribution in [0.25, 0.3) is 11.0 Å². The second-order valence-electron chi connectivity index (χ2n) is 6.49. The highest BCUT2D eigenvalue weighted by Gasteiger charge is 2.30. The topological polar surface area (TPSA) is 90.0 Å². The SMILES string of the molecule is Cc1cc(OC2CCN(C(=O)c3cc4ccccc4oc3=O)C2)cc(=O)o1. The Morgan fingerprint density at radius 1 is 1.15 bits per heavy atom. The fraction of sp³-hybridized carbons (Fsp3) is 0.250. The van der Waals surface area contributed by atoms with Crippen LogP contribution < -0.4 is 16.0 Å². The van der Waals surface area contributed by atoms with E-state index in [0.29, 0.717) is 42.0 Å². The maximum absolute atomic E-state index is 12.8.